The van der Waals surface area contributed by atoms with Gasteiger partial charge in [0.2, 0.25) is 0 Å². The fourth-order valence-corrected chi connectivity index (χ4v) is 12.2. The highest BCUT2D eigenvalue weighted by Crippen LogP contribution is 2.67. The monoisotopic (exact) mass is 664 g/mol. The molecule has 266 valence electrons. The lowest BCUT2D eigenvalue weighted by atomic mass is 9.47. The minimum atomic E-state index is -1.29. The van der Waals surface area contributed by atoms with Gasteiger partial charge in [0.1, 0.15) is 29.9 Å². The Morgan fingerprint density at radius 3 is 2.43 bits per heavy atom. The number of allylic oxidation sites excluding steroid dienone is 1. The molecule has 5 aliphatic rings. The van der Waals surface area contributed by atoms with E-state index in [1.54, 1.807) is 5.57 Å². The highest BCUT2D eigenvalue weighted by atomic mass is 32.2. The summed E-state index contributed by atoms with van der Waals surface area (Å²) in [5, 5.41) is 39.5. The van der Waals surface area contributed by atoms with Gasteiger partial charge in [0.25, 0.3) is 0 Å². The van der Waals surface area contributed by atoms with E-state index >= 15 is 0 Å². The number of hydrogen-bond donors (Lipinski definition) is 4. The van der Waals surface area contributed by atoms with Crippen LogP contribution in [-0.4, -0.2) is 75.3 Å². The molecule has 7 heteroatoms. The molecule has 1 saturated heterocycles. The van der Waals surface area contributed by atoms with Gasteiger partial charge in [-0.1, -0.05) is 78.4 Å². The summed E-state index contributed by atoms with van der Waals surface area (Å²) in [6.07, 6.45) is 17.7. The van der Waals surface area contributed by atoms with Crippen LogP contribution in [0.5, 0.6) is 0 Å². The topological polar surface area (TPSA) is 99.4 Å². The fourth-order valence-electron chi connectivity index (χ4n) is 11.0. The average molecular weight is 665 g/mol. The van der Waals surface area contributed by atoms with Crippen LogP contribution in [0, 0.1) is 46.3 Å². The highest BCUT2D eigenvalue weighted by Gasteiger charge is 2.59. The molecule has 1 heterocycles. The zero-order valence-electron chi connectivity index (χ0n) is 29.7. The molecule has 4 N–H and O–H groups in total. The van der Waals surface area contributed by atoms with Crippen LogP contribution in [0.1, 0.15) is 131 Å². The Bertz CT molecular complexity index is 988. The van der Waals surface area contributed by atoms with E-state index in [4.69, 9.17) is 9.47 Å². The molecule has 13 atom stereocenters. The van der Waals surface area contributed by atoms with Crippen LogP contribution in [0.25, 0.3) is 0 Å². The Labute approximate surface area is 284 Å². The van der Waals surface area contributed by atoms with Crippen molar-refractivity contribution < 1.29 is 29.9 Å². The summed E-state index contributed by atoms with van der Waals surface area (Å²) >= 11 is 1.45. The fraction of sp³-hybridized carbons (Fsp3) is 0.949. The first-order valence-electron chi connectivity index (χ1n) is 19.2. The van der Waals surface area contributed by atoms with Crippen LogP contribution < -0.4 is 0 Å². The van der Waals surface area contributed by atoms with E-state index in [-0.39, 0.29) is 6.61 Å². The van der Waals surface area contributed by atoms with Gasteiger partial charge >= 0.3 is 0 Å². The van der Waals surface area contributed by atoms with Crippen molar-refractivity contribution >= 4 is 11.8 Å². The third-order valence-electron chi connectivity index (χ3n) is 13.8. The molecule has 0 spiro atoms. The first kappa shape index (κ1) is 37.1. The molecule has 3 saturated carbocycles. The maximum Gasteiger partial charge on any atom is 0.132 e. The molecule has 0 aromatic carbocycles. The Hall–Kier alpha value is -0.150. The highest BCUT2D eigenvalue weighted by molar-refractivity contribution is 7.99. The molecule has 1 aliphatic heterocycles. The van der Waals surface area contributed by atoms with Crippen LogP contribution >= 0.6 is 11.8 Å². The van der Waals surface area contributed by atoms with Crippen molar-refractivity contribution in [2.24, 2.45) is 46.3 Å². The number of hydrogen-bond acceptors (Lipinski definition) is 7. The van der Waals surface area contributed by atoms with Crippen molar-refractivity contribution in [1.29, 1.82) is 0 Å². The van der Waals surface area contributed by atoms with Crippen LogP contribution in [0.15, 0.2) is 11.6 Å². The van der Waals surface area contributed by atoms with Gasteiger partial charge in [0.05, 0.1) is 12.7 Å². The summed E-state index contributed by atoms with van der Waals surface area (Å²) in [4.78, 5) is 0. The van der Waals surface area contributed by atoms with Crippen LogP contribution in [0.2, 0.25) is 0 Å². The predicted octanol–water partition coefficient (Wildman–Crippen LogP) is 7.51. The molecule has 5 rings (SSSR count). The summed E-state index contributed by atoms with van der Waals surface area (Å²) in [6.45, 7) is 13.1. The van der Waals surface area contributed by atoms with Gasteiger partial charge in [-0.05, 0) is 116 Å². The number of thioether (sulfide) groups is 1. The first-order chi connectivity index (χ1) is 22.0. The van der Waals surface area contributed by atoms with Gasteiger partial charge in [-0.15, -0.1) is 11.8 Å². The second-order valence-corrected chi connectivity index (χ2v) is 18.2. The summed E-state index contributed by atoms with van der Waals surface area (Å²) in [7, 11) is 0. The second kappa shape index (κ2) is 16.2. The predicted molar refractivity (Wildman–Crippen MR) is 187 cm³/mol. The first-order valence-corrected chi connectivity index (χ1v) is 20.3. The van der Waals surface area contributed by atoms with Crippen molar-refractivity contribution in [2.75, 3.05) is 19.0 Å². The molecule has 4 fully saturated rings. The van der Waals surface area contributed by atoms with E-state index in [0.29, 0.717) is 16.9 Å². The normalized spacial score (nSPS) is 43.1. The molecule has 0 radical (unpaired) electrons. The molecule has 0 aromatic heterocycles. The number of aliphatic hydroxyl groups is 4. The third-order valence-corrected chi connectivity index (χ3v) is 15.0. The van der Waals surface area contributed by atoms with Crippen molar-refractivity contribution in [3.63, 3.8) is 0 Å². The van der Waals surface area contributed by atoms with E-state index in [0.717, 1.165) is 80.0 Å². The molecule has 3 unspecified atom stereocenters. The molecule has 6 nitrogen and oxygen atoms in total. The second-order valence-electron chi connectivity index (χ2n) is 17.0. The zero-order valence-corrected chi connectivity index (χ0v) is 30.6. The SMILES string of the molecule is CC(C)CCC[C@@H](C)[C@H]1CCC2C3CC=C4C[C@@H](OCCCCCCS[C@H]5O[C@H](CO)[C@H](O)[C@H](O)[C@@H]5O)CC[C@]4(C)C3CC[C@@]21C. The Kier molecular flexibility index (Phi) is 13.1. The smallest absolute Gasteiger partial charge is 0.132 e. The number of rotatable bonds is 15. The Morgan fingerprint density at radius 1 is 0.891 bits per heavy atom. The quantitative estimate of drug-likeness (QED) is 0.106. The van der Waals surface area contributed by atoms with Gasteiger partial charge in [0.15, 0.2) is 0 Å². The van der Waals surface area contributed by atoms with E-state index in [2.05, 4.69) is 40.7 Å². The van der Waals surface area contributed by atoms with Crippen molar-refractivity contribution in [1.82, 2.24) is 0 Å². The largest absolute Gasteiger partial charge is 0.394 e. The molecular formula is C39H68O6S. The van der Waals surface area contributed by atoms with E-state index in [9.17, 15) is 20.4 Å². The average Bonchev–Trinajstić information content (AvgIpc) is 3.39. The molecule has 46 heavy (non-hydrogen) atoms. The van der Waals surface area contributed by atoms with Crippen molar-refractivity contribution in [3.05, 3.63) is 11.6 Å². The molecule has 0 aromatic rings. The van der Waals surface area contributed by atoms with Crippen LogP contribution in [-0.2, 0) is 9.47 Å². The maximum atomic E-state index is 10.2. The Morgan fingerprint density at radius 2 is 1.67 bits per heavy atom. The minimum Gasteiger partial charge on any atom is -0.394 e. The van der Waals surface area contributed by atoms with Gasteiger partial charge in [-0.2, -0.15) is 0 Å². The standard InChI is InChI=1S/C39H68O6S/c1-25(2)11-10-12-26(3)30-15-16-31-29-14-13-27-23-28(17-19-38(27,4)32(29)18-20-39(30,31)5)44-21-8-6-7-9-22-46-37-36(43)35(42)34(41)33(24-40)45-37/h13,25-26,28-37,40-43H,6-12,14-24H2,1-5H3/t26-,28+,29?,30-,31?,32?,33-,34+,35+,36+,37-,38+,39-/m1/s1. The van der Waals surface area contributed by atoms with Crippen molar-refractivity contribution in [2.45, 2.75) is 167 Å². The van der Waals surface area contributed by atoms with Crippen molar-refractivity contribution in [3.8, 4) is 0 Å². The van der Waals surface area contributed by atoms with Gasteiger partial charge in [-0.25, -0.2) is 0 Å². The lowest BCUT2D eigenvalue weighted by Crippen LogP contribution is -2.57. The Balaban J connectivity index is 1.02. The third kappa shape index (κ3) is 7.92. The van der Waals surface area contributed by atoms with Gasteiger partial charge < -0.3 is 29.9 Å². The van der Waals surface area contributed by atoms with Gasteiger partial charge in [0, 0.05) is 6.61 Å². The molecule has 4 aliphatic carbocycles. The summed E-state index contributed by atoms with van der Waals surface area (Å²) in [5.41, 5.74) is 2.03. The van der Waals surface area contributed by atoms with E-state index in [1.807, 2.05) is 0 Å². The summed E-state index contributed by atoms with van der Waals surface area (Å²) in [6, 6.07) is 0. The lowest BCUT2D eigenvalue weighted by Gasteiger charge is -2.58. The molecule has 0 amide bonds. The number of unbranched alkanes of at least 4 members (excludes halogenated alkanes) is 3. The number of ether oxygens (including phenoxy) is 2. The van der Waals surface area contributed by atoms with Crippen LogP contribution in [0.4, 0.5) is 0 Å². The van der Waals surface area contributed by atoms with Crippen LogP contribution in [0.3, 0.4) is 0 Å². The number of aliphatic hydroxyl groups excluding tert-OH is 4. The number of fused-ring (bicyclic) bond motifs is 5. The minimum absolute atomic E-state index is 0.369. The summed E-state index contributed by atoms with van der Waals surface area (Å²) in [5.74, 6) is 6.10. The zero-order chi connectivity index (χ0) is 33.1. The van der Waals surface area contributed by atoms with E-state index < -0.39 is 29.9 Å². The molecular weight excluding hydrogens is 596 g/mol. The lowest BCUT2D eigenvalue weighted by molar-refractivity contribution is -0.205. The van der Waals surface area contributed by atoms with Gasteiger partial charge in [-0.3, -0.25) is 0 Å². The van der Waals surface area contributed by atoms with E-state index in [1.165, 1.54) is 76.0 Å². The molecule has 0 bridgehead atoms. The summed E-state index contributed by atoms with van der Waals surface area (Å²) < 4.78 is 12.1. The maximum absolute atomic E-state index is 10.2.